The number of hydrogen-bond donors (Lipinski definition) is 2. The minimum absolute atomic E-state index is 0.0135. The predicted molar refractivity (Wildman–Crippen MR) is 131 cm³/mol. The molecule has 0 aromatic heterocycles. The van der Waals surface area contributed by atoms with E-state index in [2.05, 4.69) is 24.5 Å². The minimum atomic E-state index is -0.330. The number of fused-ring (bicyclic) bond motifs is 1. The second-order valence-electron chi connectivity index (χ2n) is 9.05. The standard InChI is InChI=1S/C25H31N3O3S/c1-25(2)16-21(20-12-11-19(30-3)15-22(20)31-25)27-24(32)26-18-9-7-17(8-10-18)23(29)28-13-5-4-6-14-28/h7-12,15,21H,4-6,13-14,16H2,1-3H3,(H2,26,27,32)/t21-/m0/s1. The number of hydrogen-bond acceptors (Lipinski definition) is 4. The van der Waals surface area contributed by atoms with Gasteiger partial charge in [0.05, 0.1) is 13.2 Å². The van der Waals surface area contributed by atoms with Crippen LogP contribution in [0.4, 0.5) is 5.69 Å². The van der Waals surface area contributed by atoms with Crippen LogP contribution in [0.2, 0.25) is 0 Å². The monoisotopic (exact) mass is 453 g/mol. The molecule has 2 N–H and O–H groups in total. The highest BCUT2D eigenvalue weighted by atomic mass is 32.1. The van der Waals surface area contributed by atoms with Crippen molar-refractivity contribution < 1.29 is 14.3 Å². The van der Waals surface area contributed by atoms with Crippen molar-refractivity contribution in [2.45, 2.75) is 51.2 Å². The van der Waals surface area contributed by atoms with Gasteiger partial charge in [0, 0.05) is 42.4 Å². The molecule has 0 bridgehead atoms. The van der Waals surface area contributed by atoms with Crippen molar-refractivity contribution in [3.63, 3.8) is 0 Å². The van der Waals surface area contributed by atoms with Crippen LogP contribution in [-0.4, -0.2) is 41.7 Å². The Morgan fingerprint density at radius 3 is 2.53 bits per heavy atom. The van der Waals surface area contributed by atoms with Crippen molar-refractivity contribution in [2.24, 2.45) is 0 Å². The number of nitrogens with zero attached hydrogens (tertiary/aromatic N) is 1. The number of carbonyl (C=O) groups excluding carboxylic acids is 1. The van der Waals surface area contributed by atoms with Gasteiger partial charge in [-0.2, -0.15) is 0 Å². The second-order valence-corrected chi connectivity index (χ2v) is 9.46. The molecule has 7 heteroatoms. The summed E-state index contributed by atoms with van der Waals surface area (Å²) < 4.78 is 11.5. The van der Waals surface area contributed by atoms with E-state index in [-0.39, 0.29) is 17.6 Å². The Bertz CT molecular complexity index is 984. The fraction of sp³-hybridized carbons (Fsp3) is 0.440. The molecular weight excluding hydrogens is 422 g/mol. The predicted octanol–water partition coefficient (Wildman–Crippen LogP) is 4.91. The van der Waals surface area contributed by atoms with Gasteiger partial charge in [-0.3, -0.25) is 4.79 Å². The van der Waals surface area contributed by atoms with E-state index < -0.39 is 0 Å². The molecule has 0 radical (unpaired) electrons. The number of piperidine rings is 1. The lowest BCUT2D eigenvalue weighted by molar-refractivity contribution is 0.0692. The number of nitrogens with one attached hydrogen (secondary N) is 2. The number of carbonyl (C=O) groups is 1. The molecular formula is C25H31N3O3S. The van der Waals surface area contributed by atoms with Crippen LogP contribution in [0.3, 0.4) is 0 Å². The van der Waals surface area contributed by atoms with E-state index in [9.17, 15) is 4.79 Å². The third-order valence-electron chi connectivity index (χ3n) is 6.02. The number of rotatable bonds is 4. The van der Waals surface area contributed by atoms with Crippen LogP contribution in [0.5, 0.6) is 11.5 Å². The van der Waals surface area contributed by atoms with Crippen LogP contribution in [0.25, 0.3) is 0 Å². The lowest BCUT2D eigenvalue weighted by Gasteiger charge is -2.38. The molecule has 1 fully saturated rings. The number of methoxy groups -OCH3 is 1. The first-order valence-electron chi connectivity index (χ1n) is 11.2. The van der Waals surface area contributed by atoms with Crippen molar-refractivity contribution in [1.29, 1.82) is 0 Å². The molecule has 2 aliphatic rings. The van der Waals surface area contributed by atoms with Gasteiger partial charge >= 0.3 is 0 Å². The van der Waals surface area contributed by atoms with Gasteiger partial charge in [-0.15, -0.1) is 0 Å². The molecule has 0 saturated carbocycles. The molecule has 4 rings (SSSR count). The van der Waals surface area contributed by atoms with Gasteiger partial charge in [-0.05, 0) is 81.7 Å². The molecule has 2 heterocycles. The van der Waals surface area contributed by atoms with E-state index in [1.54, 1.807) is 7.11 Å². The van der Waals surface area contributed by atoms with Crippen molar-refractivity contribution in [1.82, 2.24) is 10.2 Å². The van der Waals surface area contributed by atoms with Crippen molar-refractivity contribution >= 4 is 28.9 Å². The summed E-state index contributed by atoms with van der Waals surface area (Å²) in [5.74, 6) is 1.68. The van der Waals surface area contributed by atoms with E-state index in [1.807, 2.05) is 47.4 Å². The normalized spacial score (nSPS) is 19.3. The average Bonchev–Trinajstić information content (AvgIpc) is 2.78. The maximum Gasteiger partial charge on any atom is 0.253 e. The molecule has 0 aliphatic carbocycles. The SMILES string of the molecule is COc1ccc2c(c1)OC(C)(C)C[C@@H]2NC(=S)Nc1ccc(C(=O)N2CCCCC2)cc1. The third kappa shape index (κ3) is 5.15. The second kappa shape index (κ2) is 9.36. The highest BCUT2D eigenvalue weighted by molar-refractivity contribution is 7.80. The van der Waals surface area contributed by atoms with E-state index in [4.69, 9.17) is 21.7 Å². The van der Waals surface area contributed by atoms with Gasteiger partial charge in [0.25, 0.3) is 5.91 Å². The van der Waals surface area contributed by atoms with Crippen molar-refractivity contribution in [3.8, 4) is 11.5 Å². The van der Waals surface area contributed by atoms with Gasteiger partial charge in [0.2, 0.25) is 0 Å². The Labute approximate surface area is 195 Å². The van der Waals surface area contributed by atoms with Crippen LogP contribution in [0.15, 0.2) is 42.5 Å². The molecule has 32 heavy (non-hydrogen) atoms. The lowest BCUT2D eigenvalue weighted by atomic mass is 9.89. The molecule has 1 saturated heterocycles. The topological polar surface area (TPSA) is 62.8 Å². The number of thiocarbonyl (C=S) groups is 1. The molecule has 2 aromatic rings. The summed E-state index contributed by atoms with van der Waals surface area (Å²) in [4.78, 5) is 14.6. The zero-order valence-corrected chi connectivity index (χ0v) is 19.8. The molecule has 0 spiro atoms. The lowest BCUT2D eigenvalue weighted by Crippen LogP contribution is -2.42. The van der Waals surface area contributed by atoms with Crippen LogP contribution < -0.4 is 20.1 Å². The van der Waals surface area contributed by atoms with Crippen LogP contribution in [0.1, 0.15) is 61.5 Å². The van der Waals surface area contributed by atoms with Gasteiger partial charge in [0.15, 0.2) is 5.11 Å². The summed E-state index contributed by atoms with van der Waals surface area (Å²) in [7, 11) is 1.65. The van der Waals surface area contributed by atoms with Crippen molar-refractivity contribution in [3.05, 3.63) is 53.6 Å². The maximum absolute atomic E-state index is 12.7. The number of anilines is 1. The summed E-state index contributed by atoms with van der Waals surface area (Å²) in [6.07, 6.45) is 4.16. The van der Waals surface area contributed by atoms with Gasteiger partial charge < -0.3 is 25.0 Å². The highest BCUT2D eigenvalue weighted by Crippen LogP contribution is 2.41. The summed E-state index contributed by atoms with van der Waals surface area (Å²) in [6, 6.07) is 13.4. The maximum atomic E-state index is 12.7. The Morgan fingerprint density at radius 2 is 1.84 bits per heavy atom. The van der Waals surface area contributed by atoms with Crippen LogP contribution in [0, 0.1) is 0 Å². The largest absolute Gasteiger partial charge is 0.497 e. The van der Waals surface area contributed by atoms with E-state index in [1.165, 1.54) is 6.42 Å². The van der Waals surface area contributed by atoms with Gasteiger partial charge in [-0.25, -0.2) is 0 Å². The molecule has 0 unspecified atom stereocenters. The first-order chi connectivity index (χ1) is 15.3. The number of likely N-dealkylation sites (tertiary alicyclic amines) is 1. The van der Waals surface area contributed by atoms with E-state index in [0.717, 1.165) is 55.1 Å². The molecule has 2 aliphatic heterocycles. The Hall–Kier alpha value is -2.80. The summed E-state index contributed by atoms with van der Waals surface area (Å²) in [6.45, 7) is 5.83. The summed E-state index contributed by atoms with van der Waals surface area (Å²) >= 11 is 5.59. The average molecular weight is 454 g/mol. The van der Waals surface area contributed by atoms with Crippen LogP contribution in [-0.2, 0) is 0 Å². The molecule has 170 valence electrons. The molecule has 2 aromatic carbocycles. The molecule has 1 atom stereocenters. The van der Waals surface area contributed by atoms with Gasteiger partial charge in [0.1, 0.15) is 17.1 Å². The number of benzene rings is 2. The Balaban J connectivity index is 1.41. The zero-order chi connectivity index (χ0) is 22.7. The zero-order valence-electron chi connectivity index (χ0n) is 18.9. The van der Waals surface area contributed by atoms with E-state index >= 15 is 0 Å². The molecule has 1 amide bonds. The fourth-order valence-electron chi connectivity index (χ4n) is 4.39. The number of ether oxygens (including phenoxy) is 2. The quantitative estimate of drug-likeness (QED) is 0.642. The molecule has 6 nitrogen and oxygen atoms in total. The Morgan fingerprint density at radius 1 is 1.12 bits per heavy atom. The first-order valence-corrected chi connectivity index (χ1v) is 11.6. The highest BCUT2D eigenvalue weighted by Gasteiger charge is 2.34. The first kappa shape index (κ1) is 22.4. The number of amides is 1. The Kier molecular flexibility index (Phi) is 6.55. The third-order valence-corrected chi connectivity index (χ3v) is 6.24. The fourth-order valence-corrected chi connectivity index (χ4v) is 4.65. The van der Waals surface area contributed by atoms with Gasteiger partial charge in [-0.1, -0.05) is 0 Å². The van der Waals surface area contributed by atoms with Crippen molar-refractivity contribution in [2.75, 3.05) is 25.5 Å². The minimum Gasteiger partial charge on any atom is -0.497 e. The summed E-state index contributed by atoms with van der Waals surface area (Å²) in [5, 5.41) is 7.21. The van der Waals surface area contributed by atoms with Crippen LogP contribution >= 0.6 is 12.2 Å². The smallest absolute Gasteiger partial charge is 0.253 e. The summed E-state index contributed by atoms with van der Waals surface area (Å²) in [5.41, 5.74) is 2.28. The van der Waals surface area contributed by atoms with E-state index in [0.29, 0.717) is 10.7 Å².